The van der Waals surface area contributed by atoms with E-state index in [0.717, 1.165) is 0 Å². The molecule has 0 atom stereocenters. The Morgan fingerprint density at radius 3 is 2.45 bits per heavy atom. The van der Waals surface area contributed by atoms with Crippen LogP contribution in [0.3, 0.4) is 0 Å². The lowest BCUT2D eigenvalue weighted by molar-refractivity contribution is -0.116. The van der Waals surface area contributed by atoms with Crippen LogP contribution in [0.4, 0.5) is 5.69 Å². The average molecular weight is 340 g/mol. The number of nitrogens with zero attached hydrogens (tertiary/aromatic N) is 1. The number of H-pyrrole nitrogens is 1. The van der Waals surface area contributed by atoms with E-state index < -0.39 is 0 Å². The molecule has 2 rings (SSSR count). The largest absolute Gasteiger partial charge is 0.326 e. The summed E-state index contributed by atoms with van der Waals surface area (Å²) < 4.78 is 0. The van der Waals surface area contributed by atoms with Crippen molar-refractivity contribution in [2.75, 3.05) is 5.32 Å². The smallest absolute Gasteiger partial charge is 0.254 e. The van der Waals surface area contributed by atoms with Gasteiger partial charge in [-0.25, -0.2) is 4.98 Å². The fraction of sp³-hybridized carbons (Fsp3) is 0.267. The number of carbonyl (C=O) groups is 1. The minimum Gasteiger partial charge on any atom is -0.326 e. The number of halogens is 2. The predicted octanol–water partition coefficient (Wildman–Crippen LogP) is 3.26. The number of aryl methyl sites for hydroxylation is 2. The Morgan fingerprint density at radius 1 is 1.23 bits per heavy atom. The van der Waals surface area contributed by atoms with E-state index >= 15 is 0 Å². The van der Waals surface area contributed by atoms with Gasteiger partial charge in [0, 0.05) is 33.4 Å². The summed E-state index contributed by atoms with van der Waals surface area (Å²) >= 11 is 11.7. The molecule has 1 amide bonds. The maximum atomic E-state index is 12.0. The normalized spacial score (nSPS) is 10.5. The highest BCUT2D eigenvalue weighted by Crippen LogP contribution is 2.22. The van der Waals surface area contributed by atoms with Crippen molar-refractivity contribution in [1.82, 2.24) is 9.97 Å². The summed E-state index contributed by atoms with van der Waals surface area (Å²) in [6.07, 6.45) is 0.480. The number of hydrogen-bond donors (Lipinski definition) is 2. The minimum atomic E-state index is -0.224. The van der Waals surface area contributed by atoms with E-state index in [1.165, 1.54) is 0 Å². The Labute approximate surface area is 137 Å². The summed E-state index contributed by atoms with van der Waals surface area (Å²) in [6.45, 7) is 3.47. The van der Waals surface area contributed by atoms with Crippen LogP contribution in [0.5, 0.6) is 0 Å². The first-order valence-corrected chi connectivity index (χ1v) is 7.43. The fourth-order valence-corrected chi connectivity index (χ4v) is 2.66. The molecule has 5 nitrogen and oxygen atoms in total. The van der Waals surface area contributed by atoms with Gasteiger partial charge >= 0.3 is 0 Å². The highest BCUT2D eigenvalue weighted by atomic mass is 35.5. The lowest BCUT2D eigenvalue weighted by Crippen LogP contribution is -2.20. The van der Waals surface area contributed by atoms with Crippen molar-refractivity contribution in [3.8, 4) is 0 Å². The van der Waals surface area contributed by atoms with Crippen molar-refractivity contribution in [3.63, 3.8) is 0 Å². The summed E-state index contributed by atoms with van der Waals surface area (Å²) in [7, 11) is 0. The Morgan fingerprint density at radius 2 is 1.86 bits per heavy atom. The molecule has 0 spiro atoms. The molecule has 0 fully saturated rings. The van der Waals surface area contributed by atoms with Crippen LogP contribution in [0, 0.1) is 13.8 Å². The molecule has 0 aliphatic heterocycles. The molecule has 0 saturated heterocycles. The molecule has 0 unspecified atom stereocenters. The summed E-state index contributed by atoms with van der Waals surface area (Å²) in [5.41, 5.74) is 1.48. The van der Waals surface area contributed by atoms with Gasteiger partial charge in [-0.2, -0.15) is 0 Å². The molecule has 0 radical (unpaired) electrons. The highest BCUT2D eigenvalue weighted by molar-refractivity contribution is 6.35. The van der Waals surface area contributed by atoms with E-state index in [1.54, 1.807) is 32.0 Å². The second kappa shape index (κ2) is 6.94. The Bertz CT molecular complexity index is 752. The molecule has 1 aromatic heterocycles. The number of anilines is 1. The number of hydrogen-bond acceptors (Lipinski definition) is 3. The Balaban J connectivity index is 2.03. The molecule has 116 valence electrons. The van der Waals surface area contributed by atoms with Gasteiger partial charge in [-0.15, -0.1) is 0 Å². The first-order valence-electron chi connectivity index (χ1n) is 6.67. The number of benzene rings is 1. The van der Waals surface area contributed by atoms with E-state index in [0.29, 0.717) is 39.2 Å². The first-order chi connectivity index (χ1) is 10.3. The summed E-state index contributed by atoms with van der Waals surface area (Å²) in [5.74, 6) is 0.335. The van der Waals surface area contributed by atoms with Gasteiger partial charge in [0.1, 0.15) is 5.82 Å². The minimum absolute atomic E-state index is 0.165. The predicted molar refractivity (Wildman–Crippen MR) is 87.7 cm³/mol. The van der Waals surface area contributed by atoms with Gasteiger partial charge < -0.3 is 10.3 Å². The van der Waals surface area contributed by atoms with Crippen molar-refractivity contribution >= 4 is 34.8 Å². The maximum Gasteiger partial charge on any atom is 0.254 e. The van der Waals surface area contributed by atoms with Gasteiger partial charge in [0.05, 0.1) is 0 Å². The molecule has 0 saturated carbocycles. The van der Waals surface area contributed by atoms with Crippen molar-refractivity contribution in [2.45, 2.75) is 26.7 Å². The molecule has 1 aromatic carbocycles. The molecule has 0 aliphatic carbocycles. The van der Waals surface area contributed by atoms with Gasteiger partial charge in [0.25, 0.3) is 5.56 Å². The highest BCUT2D eigenvalue weighted by Gasteiger charge is 2.10. The molecular weight excluding hydrogens is 325 g/mol. The summed E-state index contributed by atoms with van der Waals surface area (Å²) in [6, 6.07) is 4.80. The van der Waals surface area contributed by atoms with Crippen LogP contribution in [0.25, 0.3) is 0 Å². The van der Waals surface area contributed by atoms with E-state index in [2.05, 4.69) is 15.3 Å². The Hall–Kier alpha value is -1.85. The van der Waals surface area contributed by atoms with Crippen LogP contribution in [-0.2, 0) is 11.2 Å². The third kappa shape index (κ3) is 4.32. The van der Waals surface area contributed by atoms with Gasteiger partial charge in [-0.3, -0.25) is 9.59 Å². The van der Waals surface area contributed by atoms with Crippen molar-refractivity contribution in [3.05, 3.63) is 55.7 Å². The standard InChI is InChI=1S/C15H15Cl2N3O2/c1-8-13(15(22)19-9(2)18-8)3-4-14(21)20-12-6-10(16)5-11(17)7-12/h5-7H,3-4H2,1-2H3,(H,20,21)(H,18,19,22). The van der Waals surface area contributed by atoms with E-state index in [1.807, 2.05) is 0 Å². The summed E-state index contributed by atoms with van der Waals surface area (Å²) in [5, 5.41) is 3.59. The van der Waals surface area contributed by atoms with Crippen LogP contribution >= 0.6 is 23.2 Å². The third-order valence-electron chi connectivity index (χ3n) is 3.09. The van der Waals surface area contributed by atoms with Crippen molar-refractivity contribution in [2.24, 2.45) is 0 Å². The number of rotatable bonds is 4. The zero-order chi connectivity index (χ0) is 16.3. The van der Waals surface area contributed by atoms with Gasteiger partial charge in [0.15, 0.2) is 0 Å². The molecule has 2 aromatic rings. The SMILES string of the molecule is Cc1nc(C)c(CCC(=O)Nc2cc(Cl)cc(Cl)c2)c(=O)[nH]1. The molecule has 2 N–H and O–H groups in total. The van der Waals surface area contributed by atoms with Gasteiger partial charge in [0.2, 0.25) is 5.91 Å². The van der Waals surface area contributed by atoms with Crippen molar-refractivity contribution < 1.29 is 4.79 Å². The molecule has 0 aliphatic rings. The van der Waals surface area contributed by atoms with Crippen LogP contribution < -0.4 is 10.9 Å². The second-order valence-corrected chi connectivity index (χ2v) is 5.79. The fourth-order valence-electron chi connectivity index (χ4n) is 2.13. The van der Waals surface area contributed by atoms with E-state index in [4.69, 9.17) is 23.2 Å². The number of nitrogens with one attached hydrogen (secondary N) is 2. The lowest BCUT2D eigenvalue weighted by Gasteiger charge is -2.07. The number of carbonyl (C=O) groups excluding carboxylic acids is 1. The quantitative estimate of drug-likeness (QED) is 0.897. The Kier molecular flexibility index (Phi) is 5.21. The number of aromatic amines is 1. The van der Waals surface area contributed by atoms with Gasteiger partial charge in [-0.05, 0) is 38.5 Å². The lowest BCUT2D eigenvalue weighted by atomic mass is 10.1. The topological polar surface area (TPSA) is 74.8 Å². The van der Waals surface area contributed by atoms with Crippen LogP contribution in [0.1, 0.15) is 23.5 Å². The molecule has 0 bridgehead atoms. The van der Waals surface area contributed by atoms with Gasteiger partial charge in [-0.1, -0.05) is 23.2 Å². The van der Waals surface area contributed by atoms with Crippen molar-refractivity contribution in [1.29, 1.82) is 0 Å². The zero-order valence-corrected chi connectivity index (χ0v) is 13.7. The third-order valence-corrected chi connectivity index (χ3v) is 3.53. The first kappa shape index (κ1) is 16.5. The van der Waals surface area contributed by atoms with Crippen LogP contribution in [0.15, 0.2) is 23.0 Å². The second-order valence-electron chi connectivity index (χ2n) is 4.92. The molecule has 22 heavy (non-hydrogen) atoms. The number of amides is 1. The molecule has 1 heterocycles. The van der Waals surface area contributed by atoms with E-state index in [9.17, 15) is 9.59 Å². The summed E-state index contributed by atoms with van der Waals surface area (Å²) in [4.78, 5) is 30.7. The number of aromatic nitrogens is 2. The average Bonchev–Trinajstić information content (AvgIpc) is 2.35. The monoisotopic (exact) mass is 339 g/mol. The molecular formula is C15H15Cl2N3O2. The van der Waals surface area contributed by atoms with Crippen LogP contribution in [-0.4, -0.2) is 15.9 Å². The van der Waals surface area contributed by atoms with Crippen LogP contribution in [0.2, 0.25) is 10.0 Å². The molecule has 7 heteroatoms. The zero-order valence-electron chi connectivity index (χ0n) is 12.2. The maximum absolute atomic E-state index is 12.0. The van der Waals surface area contributed by atoms with E-state index in [-0.39, 0.29) is 17.9 Å².